The molecule has 5 nitrogen and oxygen atoms in total. The van der Waals surface area contributed by atoms with E-state index in [9.17, 15) is 8.42 Å². The summed E-state index contributed by atoms with van der Waals surface area (Å²) in [7, 11) is -2.78. The molecule has 2 saturated heterocycles. The molecule has 2 heterocycles. The molecule has 2 aliphatic rings. The maximum Gasteiger partial charge on any atom is 0.150 e. The molecule has 0 bridgehead atoms. The molecule has 0 atom stereocenters. The molecule has 0 aromatic heterocycles. The van der Waals surface area contributed by atoms with E-state index in [4.69, 9.17) is 0 Å². The van der Waals surface area contributed by atoms with Crippen molar-refractivity contribution in [1.29, 1.82) is 0 Å². The van der Waals surface area contributed by atoms with Crippen LogP contribution in [-0.4, -0.2) is 81.6 Å². The van der Waals surface area contributed by atoms with E-state index in [0.717, 1.165) is 58.3 Å². The standard InChI is InChI=1S/C12H25N3O2S/c1-2-18(16,17)9-3-4-14-5-7-15(8-6-14)12-10-13-11-12/h12-13H,2-11H2,1H3. The summed E-state index contributed by atoms with van der Waals surface area (Å²) in [5, 5.41) is 3.31. The Kier molecular flexibility index (Phi) is 5.00. The molecular formula is C12H25N3O2S. The lowest BCUT2D eigenvalue weighted by Gasteiger charge is -2.43. The van der Waals surface area contributed by atoms with Gasteiger partial charge in [-0.2, -0.15) is 0 Å². The number of nitrogens with zero attached hydrogens (tertiary/aromatic N) is 2. The second kappa shape index (κ2) is 6.32. The van der Waals surface area contributed by atoms with Gasteiger partial charge in [0.15, 0.2) is 0 Å². The zero-order valence-electron chi connectivity index (χ0n) is 11.3. The first-order valence-electron chi connectivity index (χ1n) is 6.98. The Labute approximate surface area is 110 Å². The monoisotopic (exact) mass is 275 g/mol. The smallest absolute Gasteiger partial charge is 0.150 e. The summed E-state index contributed by atoms with van der Waals surface area (Å²) in [5.41, 5.74) is 0. The number of piperazine rings is 1. The SMILES string of the molecule is CCS(=O)(=O)CCCN1CCN(C2CNC2)CC1. The molecular weight excluding hydrogens is 250 g/mol. The fraction of sp³-hybridized carbons (Fsp3) is 1.00. The second-order valence-electron chi connectivity index (χ2n) is 5.28. The lowest BCUT2D eigenvalue weighted by atomic mass is 10.1. The first-order valence-corrected chi connectivity index (χ1v) is 8.80. The highest BCUT2D eigenvalue weighted by Gasteiger charge is 2.27. The summed E-state index contributed by atoms with van der Waals surface area (Å²) in [6.45, 7) is 9.35. The van der Waals surface area contributed by atoms with Crippen LogP contribution in [0.3, 0.4) is 0 Å². The van der Waals surface area contributed by atoms with Gasteiger partial charge in [-0.25, -0.2) is 8.42 Å². The third-order valence-electron chi connectivity index (χ3n) is 4.05. The average molecular weight is 275 g/mol. The molecule has 0 spiro atoms. The minimum Gasteiger partial charge on any atom is -0.314 e. The van der Waals surface area contributed by atoms with Gasteiger partial charge >= 0.3 is 0 Å². The molecule has 0 amide bonds. The van der Waals surface area contributed by atoms with Crippen LogP contribution in [0.5, 0.6) is 0 Å². The number of hydrogen-bond donors (Lipinski definition) is 1. The van der Waals surface area contributed by atoms with E-state index in [1.54, 1.807) is 6.92 Å². The molecule has 1 N–H and O–H groups in total. The van der Waals surface area contributed by atoms with Gasteiger partial charge in [0, 0.05) is 51.1 Å². The van der Waals surface area contributed by atoms with Gasteiger partial charge < -0.3 is 10.2 Å². The van der Waals surface area contributed by atoms with Crippen molar-refractivity contribution in [3.05, 3.63) is 0 Å². The van der Waals surface area contributed by atoms with Crippen LogP contribution in [0.2, 0.25) is 0 Å². The van der Waals surface area contributed by atoms with E-state index in [0.29, 0.717) is 5.75 Å². The molecule has 106 valence electrons. The van der Waals surface area contributed by atoms with Gasteiger partial charge in [0.05, 0.1) is 5.75 Å². The second-order valence-corrected chi connectivity index (χ2v) is 7.75. The molecule has 0 aliphatic carbocycles. The Morgan fingerprint density at radius 3 is 2.33 bits per heavy atom. The average Bonchev–Trinajstić information content (AvgIpc) is 2.29. The van der Waals surface area contributed by atoms with E-state index < -0.39 is 9.84 Å². The van der Waals surface area contributed by atoms with Crippen LogP contribution in [0.4, 0.5) is 0 Å². The molecule has 0 unspecified atom stereocenters. The molecule has 18 heavy (non-hydrogen) atoms. The lowest BCUT2D eigenvalue weighted by molar-refractivity contribution is 0.0731. The van der Waals surface area contributed by atoms with Crippen molar-refractivity contribution >= 4 is 9.84 Å². The Balaban J connectivity index is 1.61. The van der Waals surface area contributed by atoms with Gasteiger partial charge in [0.1, 0.15) is 9.84 Å². The van der Waals surface area contributed by atoms with Crippen molar-refractivity contribution in [2.75, 3.05) is 57.3 Å². The molecule has 0 aromatic carbocycles. The van der Waals surface area contributed by atoms with Crippen LogP contribution < -0.4 is 5.32 Å². The zero-order valence-corrected chi connectivity index (χ0v) is 12.1. The summed E-state index contributed by atoms with van der Waals surface area (Å²) in [6.07, 6.45) is 0.779. The number of hydrogen-bond acceptors (Lipinski definition) is 5. The first-order chi connectivity index (χ1) is 8.61. The topological polar surface area (TPSA) is 52.7 Å². The normalized spacial score (nSPS) is 24.1. The van der Waals surface area contributed by atoms with E-state index >= 15 is 0 Å². The molecule has 0 saturated carbocycles. The number of nitrogens with one attached hydrogen (secondary N) is 1. The predicted octanol–water partition coefficient (Wildman–Crippen LogP) is -0.599. The molecule has 2 aliphatic heterocycles. The fourth-order valence-electron chi connectivity index (χ4n) is 2.54. The van der Waals surface area contributed by atoms with Crippen LogP contribution >= 0.6 is 0 Å². The van der Waals surface area contributed by atoms with Crippen molar-refractivity contribution in [1.82, 2.24) is 15.1 Å². The predicted molar refractivity (Wildman–Crippen MR) is 73.6 cm³/mol. The molecule has 2 fully saturated rings. The van der Waals surface area contributed by atoms with Gasteiger partial charge in [-0.05, 0) is 13.0 Å². The van der Waals surface area contributed by atoms with Crippen LogP contribution in [0.25, 0.3) is 0 Å². The van der Waals surface area contributed by atoms with Gasteiger partial charge in [-0.1, -0.05) is 6.92 Å². The number of rotatable bonds is 6. The maximum absolute atomic E-state index is 11.4. The first kappa shape index (κ1) is 14.2. The number of sulfone groups is 1. The lowest BCUT2D eigenvalue weighted by Crippen LogP contribution is -2.61. The van der Waals surface area contributed by atoms with E-state index in [1.165, 1.54) is 0 Å². The molecule has 0 radical (unpaired) electrons. The van der Waals surface area contributed by atoms with Gasteiger partial charge in [0.2, 0.25) is 0 Å². The van der Waals surface area contributed by atoms with Crippen molar-refractivity contribution in [3.63, 3.8) is 0 Å². The Morgan fingerprint density at radius 2 is 1.83 bits per heavy atom. The van der Waals surface area contributed by atoms with Crippen molar-refractivity contribution in [2.45, 2.75) is 19.4 Å². The Morgan fingerprint density at radius 1 is 1.17 bits per heavy atom. The van der Waals surface area contributed by atoms with Crippen LogP contribution in [-0.2, 0) is 9.84 Å². The summed E-state index contributed by atoms with van der Waals surface area (Å²) in [4.78, 5) is 4.95. The highest BCUT2D eigenvalue weighted by molar-refractivity contribution is 7.91. The van der Waals surface area contributed by atoms with E-state index in [1.807, 2.05) is 0 Å². The molecule has 2 rings (SSSR count). The van der Waals surface area contributed by atoms with Crippen LogP contribution in [0.15, 0.2) is 0 Å². The maximum atomic E-state index is 11.4. The fourth-order valence-corrected chi connectivity index (χ4v) is 3.39. The van der Waals surface area contributed by atoms with Crippen LogP contribution in [0, 0.1) is 0 Å². The Bertz CT molecular complexity index is 346. The minimum atomic E-state index is -2.78. The van der Waals surface area contributed by atoms with Crippen molar-refractivity contribution in [3.8, 4) is 0 Å². The zero-order chi connectivity index (χ0) is 13.0. The largest absolute Gasteiger partial charge is 0.314 e. The molecule has 0 aromatic rings. The highest BCUT2D eigenvalue weighted by Crippen LogP contribution is 2.10. The van der Waals surface area contributed by atoms with Gasteiger partial charge in [-0.3, -0.25) is 4.90 Å². The minimum absolute atomic E-state index is 0.273. The van der Waals surface area contributed by atoms with Crippen molar-refractivity contribution < 1.29 is 8.42 Å². The summed E-state index contributed by atoms with van der Waals surface area (Å²) in [6, 6.07) is 0.743. The highest BCUT2D eigenvalue weighted by atomic mass is 32.2. The van der Waals surface area contributed by atoms with E-state index in [-0.39, 0.29) is 5.75 Å². The van der Waals surface area contributed by atoms with Gasteiger partial charge in [-0.15, -0.1) is 0 Å². The Hall–Kier alpha value is -0.170. The summed E-state index contributed by atoms with van der Waals surface area (Å²) in [5.74, 6) is 0.617. The summed E-state index contributed by atoms with van der Waals surface area (Å²) >= 11 is 0. The molecule has 6 heteroatoms. The van der Waals surface area contributed by atoms with Crippen LogP contribution in [0.1, 0.15) is 13.3 Å². The summed E-state index contributed by atoms with van der Waals surface area (Å²) < 4.78 is 22.8. The quantitative estimate of drug-likeness (QED) is 0.701. The third kappa shape index (κ3) is 3.91. The van der Waals surface area contributed by atoms with Crippen molar-refractivity contribution in [2.24, 2.45) is 0 Å². The van der Waals surface area contributed by atoms with Gasteiger partial charge in [0.25, 0.3) is 0 Å². The van der Waals surface area contributed by atoms with E-state index in [2.05, 4.69) is 15.1 Å². The third-order valence-corrected chi connectivity index (χ3v) is 5.84.